The third kappa shape index (κ3) is 8.05. The highest BCUT2D eigenvalue weighted by Gasteiger charge is 2.03. The molecule has 84 valence electrons. The normalized spacial score (nSPS) is 10.5. The number of nitrogens with zero attached hydrogens (tertiary/aromatic N) is 1. The Morgan fingerprint density at radius 1 is 1.00 bits per heavy atom. The molecule has 0 saturated carbocycles. The van der Waals surface area contributed by atoms with Crippen molar-refractivity contribution in [3.8, 4) is 0 Å². The molecule has 0 saturated heterocycles. The maximum atomic E-state index is 10.2. The van der Waals surface area contributed by atoms with Gasteiger partial charge in [0, 0.05) is 13.1 Å². The molecule has 0 spiro atoms. The van der Waals surface area contributed by atoms with Crippen molar-refractivity contribution in [1.82, 2.24) is 5.06 Å². The molecule has 0 rings (SSSR count). The quantitative estimate of drug-likeness (QED) is 0.309. The summed E-state index contributed by atoms with van der Waals surface area (Å²) in [6, 6.07) is 0. The second-order valence-electron chi connectivity index (χ2n) is 3.54. The van der Waals surface area contributed by atoms with E-state index in [0.717, 1.165) is 25.9 Å². The van der Waals surface area contributed by atoms with E-state index in [0.29, 0.717) is 6.47 Å². The maximum Gasteiger partial charge on any atom is 0.312 e. The summed E-state index contributed by atoms with van der Waals surface area (Å²) in [6.45, 7) is 6.61. The Bertz CT molecular complexity index is 118. The van der Waals surface area contributed by atoms with Crippen molar-refractivity contribution >= 4 is 6.47 Å². The molecule has 0 fully saturated rings. The third-order valence-electron chi connectivity index (χ3n) is 2.21. The van der Waals surface area contributed by atoms with E-state index in [4.69, 9.17) is 4.84 Å². The average molecular weight is 201 g/mol. The predicted octanol–water partition coefficient (Wildman–Crippen LogP) is 2.76. The lowest BCUT2D eigenvalue weighted by Gasteiger charge is -2.18. The first-order valence-electron chi connectivity index (χ1n) is 5.70. The fourth-order valence-electron chi connectivity index (χ4n) is 1.35. The Morgan fingerprint density at radius 3 is 1.86 bits per heavy atom. The van der Waals surface area contributed by atoms with Crippen molar-refractivity contribution in [2.75, 3.05) is 13.1 Å². The van der Waals surface area contributed by atoms with Crippen molar-refractivity contribution in [2.24, 2.45) is 0 Å². The van der Waals surface area contributed by atoms with Crippen molar-refractivity contribution in [3.63, 3.8) is 0 Å². The Balaban J connectivity index is 3.49. The largest absolute Gasteiger partial charge is 0.371 e. The molecule has 0 aliphatic rings. The molecule has 0 amide bonds. The summed E-state index contributed by atoms with van der Waals surface area (Å²) in [4.78, 5) is 15.1. The molecule has 0 heterocycles. The van der Waals surface area contributed by atoms with Gasteiger partial charge in [-0.1, -0.05) is 39.5 Å². The van der Waals surface area contributed by atoms with E-state index in [-0.39, 0.29) is 0 Å². The highest BCUT2D eigenvalue weighted by atomic mass is 16.7. The summed E-state index contributed by atoms with van der Waals surface area (Å²) < 4.78 is 0. The molecule has 0 N–H and O–H groups in total. The second kappa shape index (κ2) is 10.5. The summed E-state index contributed by atoms with van der Waals surface area (Å²) in [5, 5.41) is 1.78. The fraction of sp³-hybridized carbons (Fsp3) is 0.909. The molecule has 0 atom stereocenters. The van der Waals surface area contributed by atoms with Gasteiger partial charge < -0.3 is 4.84 Å². The van der Waals surface area contributed by atoms with E-state index in [1.54, 1.807) is 5.06 Å². The molecule has 0 radical (unpaired) electrons. The van der Waals surface area contributed by atoms with Crippen LogP contribution in [-0.4, -0.2) is 24.6 Å². The zero-order valence-electron chi connectivity index (χ0n) is 9.50. The predicted molar refractivity (Wildman–Crippen MR) is 57.8 cm³/mol. The van der Waals surface area contributed by atoms with Crippen LogP contribution in [0.1, 0.15) is 52.4 Å². The number of hydrogen-bond acceptors (Lipinski definition) is 3. The van der Waals surface area contributed by atoms with Crippen LogP contribution >= 0.6 is 0 Å². The monoisotopic (exact) mass is 201 g/mol. The van der Waals surface area contributed by atoms with E-state index in [2.05, 4.69) is 13.8 Å². The Morgan fingerprint density at radius 2 is 1.50 bits per heavy atom. The van der Waals surface area contributed by atoms with Gasteiger partial charge in [-0.05, 0) is 12.8 Å². The molecule has 0 aromatic heterocycles. The maximum absolute atomic E-state index is 10.2. The number of carbonyl (C=O) groups is 1. The minimum Gasteiger partial charge on any atom is -0.371 e. The Kier molecular flexibility index (Phi) is 10.1. The number of unbranched alkanes of at least 4 members (excludes halogenated alkanes) is 4. The van der Waals surface area contributed by atoms with Crippen LogP contribution in [0.2, 0.25) is 0 Å². The van der Waals surface area contributed by atoms with E-state index in [9.17, 15) is 4.79 Å². The molecule has 0 aromatic carbocycles. The molecule has 0 aromatic rings. The first-order chi connectivity index (χ1) is 6.85. The number of carbonyl (C=O) groups excluding carboxylic acids is 1. The highest BCUT2D eigenvalue weighted by molar-refractivity contribution is 5.36. The first-order valence-corrected chi connectivity index (χ1v) is 5.70. The van der Waals surface area contributed by atoms with E-state index < -0.39 is 0 Å². The van der Waals surface area contributed by atoms with E-state index in [1.807, 2.05) is 0 Å². The minimum absolute atomic E-state index is 0.526. The van der Waals surface area contributed by atoms with Gasteiger partial charge in [-0.25, -0.2) is 0 Å². The topological polar surface area (TPSA) is 29.5 Å². The molecule has 0 bridgehead atoms. The van der Waals surface area contributed by atoms with Crippen LogP contribution in [0, 0.1) is 0 Å². The molecule has 14 heavy (non-hydrogen) atoms. The van der Waals surface area contributed by atoms with Gasteiger partial charge in [-0.3, -0.25) is 4.79 Å². The molecule has 0 unspecified atom stereocenters. The van der Waals surface area contributed by atoms with Crippen LogP contribution in [0.15, 0.2) is 0 Å². The Labute approximate surface area is 87.4 Å². The van der Waals surface area contributed by atoms with Crippen LogP contribution in [0.25, 0.3) is 0 Å². The van der Waals surface area contributed by atoms with Crippen LogP contribution < -0.4 is 0 Å². The van der Waals surface area contributed by atoms with Gasteiger partial charge in [0.15, 0.2) is 0 Å². The summed E-state index contributed by atoms with van der Waals surface area (Å²) in [6.07, 6.45) is 7.01. The molecule has 0 aliphatic carbocycles. The molecule has 0 aliphatic heterocycles. The fourth-order valence-corrected chi connectivity index (χ4v) is 1.35. The summed E-state index contributed by atoms with van der Waals surface area (Å²) in [5.41, 5.74) is 0. The van der Waals surface area contributed by atoms with Gasteiger partial charge in [0.25, 0.3) is 0 Å². The smallest absolute Gasteiger partial charge is 0.312 e. The number of hydroxylamine groups is 2. The van der Waals surface area contributed by atoms with Crippen LogP contribution in [-0.2, 0) is 9.63 Å². The second-order valence-corrected chi connectivity index (χ2v) is 3.54. The SMILES string of the molecule is CCCCCN(CCCCC)OC=O. The van der Waals surface area contributed by atoms with Crippen molar-refractivity contribution in [2.45, 2.75) is 52.4 Å². The average Bonchev–Trinajstić information content (AvgIpc) is 2.18. The minimum atomic E-state index is 0.526. The standard InChI is InChI=1S/C11H23NO2/c1-3-5-7-9-12(14-11-13)10-8-6-4-2/h11H,3-10H2,1-2H3. The molecule has 3 heteroatoms. The summed E-state index contributed by atoms with van der Waals surface area (Å²) >= 11 is 0. The van der Waals surface area contributed by atoms with Crippen LogP contribution in [0.3, 0.4) is 0 Å². The third-order valence-corrected chi connectivity index (χ3v) is 2.21. The van der Waals surface area contributed by atoms with Gasteiger partial charge >= 0.3 is 6.47 Å². The van der Waals surface area contributed by atoms with E-state index >= 15 is 0 Å². The zero-order valence-corrected chi connectivity index (χ0v) is 9.50. The van der Waals surface area contributed by atoms with Crippen molar-refractivity contribution in [3.05, 3.63) is 0 Å². The lowest BCUT2D eigenvalue weighted by Crippen LogP contribution is -2.25. The first kappa shape index (κ1) is 13.4. The number of rotatable bonds is 10. The number of hydrogen-bond donors (Lipinski definition) is 0. The Hall–Kier alpha value is -0.570. The van der Waals surface area contributed by atoms with Gasteiger partial charge in [0.05, 0.1) is 0 Å². The zero-order chi connectivity index (χ0) is 10.6. The van der Waals surface area contributed by atoms with Gasteiger partial charge in [0.1, 0.15) is 0 Å². The molecular weight excluding hydrogens is 178 g/mol. The van der Waals surface area contributed by atoms with Gasteiger partial charge in [-0.2, -0.15) is 0 Å². The highest BCUT2D eigenvalue weighted by Crippen LogP contribution is 2.02. The molecular formula is C11H23NO2. The lowest BCUT2D eigenvalue weighted by molar-refractivity contribution is -0.174. The molecule has 3 nitrogen and oxygen atoms in total. The van der Waals surface area contributed by atoms with Gasteiger partial charge in [0.2, 0.25) is 0 Å². The van der Waals surface area contributed by atoms with Crippen molar-refractivity contribution < 1.29 is 9.63 Å². The van der Waals surface area contributed by atoms with E-state index in [1.165, 1.54) is 25.7 Å². The summed E-state index contributed by atoms with van der Waals surface area (Å²) in [7, 11) is 0. The van der Waals surface area contributed by atoms with Crippen molar-refractivity contribution in [1.29, 1.82) is 0 Å². The lowest BCUT2D eigenvalue weighted by atomic mass is 10.2. The van der Waals surface area contributed by atoms with Crippen LogP contribution in [0.4, 0.5) is 0 Å². The van der Waals surface area contributed by atoms with Crippen LogP contribution in [0.5, 0.6) is 0 Å². The van der Waals surface area contributed by atoms with Gasteiger partial charge in [-0.15, -0.1) is 5.06 Å². The summed E-state index contributed by atoms with van der Waals surface area (Å²) in [5.74, 6) is 0.